The molecule has 1 fully saturated rings. The van der Waals surface area contributed by atoms with Gasteiger partial charge in [-0.25, -0.2) is 0 Å². The van der Waals surface area contributed by atoms with Crippen LogP contribution in [0.1, 0.15) is 19.3 Å². The molecule has 0 N–H and O–H groups in total. The van der Waals surface area contributed by atoms with Gasteiger partial charge in [0.1, 0.15) is 6.10 Å². The van der Waals surface area contributed by atoms with E-state index in [0.717, 1.165) is 19.3 Å². The molecule has 0 amide bonds. The lowest BCUT2D eigenvalue weighted by Crippen LogP contribution is -2.46. The Kier molecular flexibility index (Phi) is 2.86. The van der Waals surface area contributed by atoms with Crippen molar-refractivity contribution in [3.05, 3.63) is 11.8 Å². The van der Waals surface area contributed by atoms with Gasteiger partial charge in [0.2, 0.25) is 0 Å². The molecule has 2 aliphatic rings. The molecule has 4 heteroatoms. The van der Waals surface area contributed by atoms with Crippen LogP contribution in [0.15, 0.2) is 11.8 Å². The number of hydrogen-bond acceptors (Lipinski definition) is 4. The Morgan fingerprint density at radius 1 is 1.53 bits per heavy atom. The van der Waals surface area contributed by atoms with Gasteiger partial charge in [0.15, 0.2) is 12.1 Å². The molecule has 0 spiro atoms. The maximum Gasteiger partial charge on any atom is 0.176 e. The number of Topliss-reactive ketones (excluding diaryl/α,β-unsaturated/α-hetero) is 1. The first kappa shape index (κ1) is 10.4. The third kappa shape index (κ3) is 1.69. The lowest BCUT2D eigenvalue weighted by molar-refractivity contribution is -0.137. The van der Waals surface area contributed by atoms with E-state index >= 15 is 0 Å². The summed E-state index contributed by atoms with van der Waals surface area (Å²) in [6.07, 6.45) is 4.24. The second-order valence-corrected chi connectivity index (χ2v) is 3.97. The van der Waals surface area contributed by atoms with Gasteiger partial charge in [0.05, 0.1) is 23.9 Å². The maximum absolute atomic E-state index is 11.8. The number of allylic oxidation sites excluding steroid dienone is 1. The highest BCUT2D eigenvalue weighted by molar-refractivity contribution is 6.13. The van der Waals surface area contributed by atoms with Gasteiger partial charge in [-0.3, -0.25) is 9.59 Å². The van der Waals surface area contributed by atoms with E-state index in [4.69, 9.17) is 9.47 Å². The summed E-state index contributed by atoms with van der Waals surface area (Å²) in [6.45, 7) is 0. The van der Waals surface area contributed by atoms with Gasteiger partial charge in [-0.1, -0.05) is 0 Å². The molecule has 0 radical (unpaired) electrons. The van der Waals surface area contributed by atoms with Crippen molar-refractivity contribution in [2.24, 2.45) is 5.92 Å². The first-order valence-electron chi connectivity index (χ1n) is 5.15. The number of methoxy groups -OCH3 is 1. The van der Waals surface area contributed by atoms with Gasteiger partial charge < -0.3 is 9.47 Å². The summed E-state index contributed by atoms with van der Waals surface area (Å²) < 4.78 is 10.7. The average Bonchev–Trinajstić information content (AvgIpc) is 2.29. The smallest absolute Gasteiger partial charge is 0.176 e. The molecular weight excluding hydrogens is 196 g/mol. The molecule has 0 aromatic heterocycles. The number of ketones is 1. The third-order valence-corrected chi connectivity index (χ3v) is 3.17. The number of fused-ring (bicyclic) bond motifs is 1. The molecule has 1 aliphatic heterocycles. The molecule has 0 aromatic carbocycles. The van der Waals surface area contributed by atoms with Crippen LogP contribution in [0.5, 0.6) is 0 Å². The predicted molar refractivity (Wildman–Crippen MR) is 52.2 cm³/mol. The zero-order valence-corrected chi connectivity index (χ0v) is 8.64. The second-order valence-electron chi connectivity index (χ2n) is 3.97. The monoisotopic (exact) mass is 210 g/mol. The molecule has 3 atom stereocenters. The van der Waals surface area contributed by atoms with E-state index in [1.165, 1.54) is 6.26 Å². The summed E-state index contributed by atoms with van der Waals surface area (Å²) in [5, 5.41) is 0. The molecule has 0 saturated heterocycles. The summed E-state index contributed by atoms with van der Waals surface area (Å²) >= 11 is 0. The van der Waals surface area contributed by atoms with Gasteiger partial charge in [0, 0.05) is 7.11 Å². The van der Waals surface area contributed by atoms with Crippen LogP contribution in [0.4, 0.5) is 0 Å². The average molecular weight is 210 g/mol. The highest BCUT2D eigenvalue weighted by Gasteiger charge is 2.42. The quantitative estimate of drug-likeness (QED) is 0.501. The van der Waals surface area contributed by atoms with Crippen molar-refractivity contribution in [1.29, 1.82) is 0 Å². The van der Waals surface area contributed by atoms with Crippen molar-refractivity contribution in [1.82, 2.24) is 0 Å². The summed E-state index contributed by atoms with van der Waals surface area (Å²) in [4.78, 5) is 22.4. The van der Waals surface area contributed by atoms with Gasteiger partial charge >= 0.3 is 0 Å². The Labute approximate surface area is 88.2 Å². The zero-order chi connectivity index (χ0) is 10.8. The van der Waals surface area contributed by atoms with Crippen LogP contribution in [-0.2, 0) is 19.1 Å². The van der Waals surface area contributed by atoms with Crippen LogP contribution in [0, 0.1) is 5.92 Å². The van der Waals surface area contributed by atoms with Crippen LogP contribution in [0.2, 0.25) is 0 Å². The molecule has 15 heavy (non-hydrogen) atoms. The molecule has 82 valence electrons. The Morgan fingerprint density at radius 3 is 3.00 bits per heavy atom. The number of hydrogen-bond donors (Lipinski definition) is 0. The first-order valence-corrected chi connectivity index (χ1v) is 5.15. The minimum absolute atomic E-state index is 0.0304. The molecule has 0 bridgehead atoms. The van der Waals surface area contributed by atoms with Gasteiger partial charge in [-0.2, -0.15) is 0 Å². The second kappa shape index (κ2) is 4.14. The lowest BCUT2D eigenvalue weighted by Gasteiger charge is -2.37. The van der Waals surface area contributed by atoms with Crippen molar-refractivity contribution in [3.63, 3.8) is 0 Å². The summed E-state index contributed by atoms with van der Waals surface area (Å²) in [7, 11) is 1.62. The Morgan fingerprint density at radius 2 is 2.33 bits per heavy atom. The van der Waals surface area contributed by atoms with Crippen molar-refractivity contribution in [2.45, 2.75) is 31.5 Å². The minimum Gasteiger partial charge on any atom is -0.494 e. The maximum atomic E-state index is 11.8. The van der Waals surface area contributed by atoms with Gasteiger partial charge in [-0.15, -0.1) is 0 Å². The molecule has 3 unspecified atom stereocenters. The fraction of sp³-hybridized carbons (Fsp3) is 0.636. The number of carbonyl (C=O) groups is 2. The van der Waals surface area contributed by atoms with E-state index in [9.17, 15) is 9.59 Å². The van der Waals surface area contributed by atoms with E-state index in [0.29, 0.717) is 6.29 Å². The van der Waals surface area contributed by atoms with E-state index in [1.807, 2.05) is 0 Å². The number of aldehydes is 1. The van der Waals surface area contributed by atoms with Crippen molar-refractivity contribution >= 4 is 12.1 Å². The zero-order valence-electron chi connectivity index (χ0n) is 8.64. The number of ether oxygens (including phenoxy) is 2. The fourth-order valence-corrected chi connectivity index (χ4v) is 2.35. The Hall–Kier alpha value is -1.16. The fourth-order valence-electron chi connectivity index (χ4n) is 2.35. The lowest BCUT2D eigenvalue weighted by atomic mass is 9.79. The van der Waals surface area contributed by atoms with Crippen molar-refractivity contribution in [2.75, 3.05) is 7.11 Å². The topological polar surface area (TPSA) is 52.6 Å². The molecule has 1 heterocycles. The normalized spacial score (nSPS) is 35.1. The predicted octanol–water partition coefficient (Wildman–Crippen LogP) is 0.852. The van der Waals surface area contributed by atoms with Crippen LogP contribution >= 0.6 is 0 Å². The molecule has 4 nitrogen and oxygen atoms in total. The highest BCUT2D eigenvalue weighted by Crippen LogP contribution is 2.33. The minimum atomic E-state index is -0.208. The Balaban J connectivity index is 2.22. The summed E-state index contributed by atoms with van der Waals surface area (Å²) in [6, 6.07) is 0. The molecule has 2 rings (SSSR count). The highest BCUT2D eigenvalue weighted by atomic mass is 16.5. The SMILES string of the molecule is COC1CCCC2C(=O)C(C=O)=COC12. The third-order valence-electron chi connectivity index (χ3n) is 3.17. The standard InChI is InChI=1S/C11H14O4/c1-14-9-4-2-3-8-10(13)7(5-12)6-15-11(8)9/h5-6,8-9,11H,2-4H2,1H3. The van der Waals surface area contributed by atoms with Crippen LogP contribution in [-0.4, -0.2) is 31.4 Å². The summed E-state index contributed by atoms with van der Waals surface area (Å²) in [5.41, 5.74) is 0.146. The van der Waals surface area contributed by atoms with E-state index in [1.54, 1.807) is 7.11 Å². The van der Waals surface area contributed by atoms with Crippen LogP contribution < -0.4 is 0 Å². The molecule has 1 aliphatic carbocycles. The number of rotatable bonds is 2. The molecule has 0 aromatic rings. The van der Waals surface area contributed by atoms with E-state index in [2.05, 4.69) is 0 Å². The van der Waals surface area contributed by atoms with Crippen molar-refractivity contribution in [3.8, 4) is 0 Å². The van der Waals surface area contributed by atoms with Gasteiger partial charge in [-0.05, 0) is 19.3 Å². The Bertz CT molecular complexity index is 308. The molecular formula is C11H14O4. The molecule has 1 saturated carbocycles. The van der Waals surface area contributed by atoms with Crippen LogP contribution in [0.25, 0.3) is 0 Å². The largest absolute Gasteiger partial charge is 0.494 e. The first-order chi connectivity index (χ1) is 7.27. The number of carbonyl (C=O) groups excluding carboxylic acids is 2. The van der Waals surface area contributed by atoms with E-state index in [-0.39, 0.29) is 29.5 Å². The van der Waals surface area contributed by atoms with Crippen molar-refractivity contribution < 1.29 is 19.1 Å². The van der Waals surface area contributed by atoms with Gasteiger partial charge in [0.25, 0.3) is 0 Å². The van der Waals surface area contributed by atoms with Crippen LogP contribution in [0.3, 0.4) is 0 Å². The summed E-state index contributed by atoms with van der Waals surface area (Å²) in [5.74, 6) is -0.295. The van der Waals surface area contributed by atoms with E-state index < -0.39 is 0 Å².